The van der Waals surface area contributed by atoms with Crippen molar-refractivity contribution in [2.75, 3.05) is 10.6 Å². The summed E-state index contributed by atoms with van der Waals surface area (Å²) in [5.41, 5.74) is 5.70. The Kier molecular flexibility index (Phi) is 3.00. The highest BCUT2D eigenvalue weighted by molar-refractivity contribution is 5.96. The van der Waals surface area contributed by atoms with Crippen molar-refractivity contribution in [2.24, 2.45) is 0 Å². The van der Waals surface area contributed by atoms with Gasteiger partial charge in [0.1, 0.15) is 0 Å². The highest BCUT2D eigenvalue weighted by Gasteiger charge is 2.61. The van der Waals surface area contributed by atoms with Crippen LogP contribution in [0.15, 0.2) is 6.20 Å². The third-order valence-electron chi connectivity index (χ3n) is 5.36. The molecule has 0 radical (unpaired) electrons. The maximum Gasteiger partial charge on any atom is 0.248 e. The summed E-state index contributed by atoms with van der Waals surface area (Å²) in [7, 11) is 0. The summed E-state index contributed by atoms with van der Waals surface area (Å²) >= 11 is 0. The van der Waals surface area contributed by atoms with Crippen molar-refractivity contribution in [1.29, 1.82) is 0 Å². The molecule has 120 valence electrons. The van der Waals surface area contributed by atoms with Crippen LogP contribution in [0.5, 0.6) is 0 Å². The van der Waals surface area contributed by atoms with Crippen molar-refractivity contribution in [3.63, 3.8) is 0 Å². The number of halogens is 2. The molecule has 0 unspecified atom stereocenters. The molecule has 0 atom stereocenters. The summed E-state index contributed by atoms with van der Waals surface area (Å²) in [4.78, 5) is 22.1. The van der Waals surface area contributed by atoms with Gasteiger partial charge in [-0.2, -0.15) is 0 Å². The molecule has 0 saturated heterocycles. The molecule has 1 aromatic rings. The minimum atomic E-state index is -2.65. The van der Waals surface area contributed by atoms with Crippen LogP contribution >= 0.6 is 0 Å². The first-order chi connectivity index (χ1) is 10.1. The van der Waals surface area contributed by atoms with Crippen LogP contribution in [0.25, 0.3) is 0 Å². The second-order valence-corrected chi connectivity index (χ2v) is 6.81. The maximum atomic E-state index is 13.7. The Morgan fingerprint density at radius 2 is 1.86 bits per heavy atom. The number of hydrogen-bond donors (Lipinski definition) is 1. The molecule has 1 aromatic heterocycles. The van der Waals surface area contributed by atoms with Crippen molar-refractivity contribution >= 4 is 17.5 Å². The Balaban J connectivity index is 2.18. The van der Waals surface area contributed by atoms with E-state index in [4.69, 9.17) is 5.73 Å². The van der Waals surface area contributed by atoms with E-state index in [1.54, 1.807) is 4.90 Å². The van der Waals surface area contributed by atoms with Crippen LogP contribution in [-0.4, -0.2) is 27.3 Å². The summed E-state index contributed by atoms with van der Waals surface area (Å²) in [5.74, 6) is -2.69. The second kappa shape index (κ2) is 4.36. The fourth-order valence-electron chi connectivity index (χ4n) is 4.16. The number of carbonyl (C=O) groups is 1. The lowest BCUT2D eigenvalue weighted by molar-refractivity contribution is -0.118. The number of alkyl halides is 2. The summed E-state index contributed by atoms with van der Waals surface area (Å²) < 4.78 is 27.3. The SMILES string of the molecule is CC(=O)N1c2cnc(N)nc2C2(CCC(F)(F)CC2)C1(C)C. The molecule has 2 heterocycles. The smallest absolute Gasteiger partial charge is 0.248 e. The molecule has 2 aliphatic rings. The number of fused-ring (bicyclic) bond motifs is 2. The average molecular weight is 310 g/mol. The highest BCUT2D eigenvalue weighted by atomic mass is 19.3. The van der Waals surface area contributed by atoms with Gasteiger partial charge in [0.2, 0.25) is 17.8 Å². The van der Waals surface area contributed by atoms with Crippen molar-refractivity contribution in [3.05, 3.63) is 11.9 Å². The summed E-state index contributed by atoms with van der Waals surface area (Å²) in [6.45, 7) is 5.30. The fourth-order valence-corrected chi connectivity index (χ4v) is 4.16. The molecule has 1 fully saturated rings. The molecule has 5 nitrogen and oxygen atoms in total. The average Bonchev–Trinajstić information content (AvgIpc) is 2.58. The van der Waals surface area contributed by atoms with Crippen molar-refractivity contribution < 1.29 is 13.6 Å². The van der Waals surface area contributed by atoms with E-state index in [1.165, 1.54) is 13.1 Å². The van der Waals surface area contributed by atoms with Crippen LogP contribution in [-0.2, 0) is 10.2 Å². The number of nitrogen functional groups attached to an aromatic ring is 1. The first-order valence-electron chi connectivity index (χ1n) is 7.42. The van der Waals surface area contributed by atoms with E-state index in [2.05, 4.69) is 9.97 Å². The first-order valence-corrected chi connectivity index (χ1v) is 7.42. The van der Waals surface area contributed by atoms with E-state index >= 15 is 0 Å². The molecule has 22 heavy (non-hydrogen) atoms. The number of carbonyl (C=O) groups excluding carboxylic acids is 1. The first kappa shape index (κ1) is 15.1. The predicted molar refractivity (Wildman–Crippen MR) is 78.8 cm³/mol. The molecular weight excluding hydrogens is 290 g/mol. The van der Waals surface area contributed by atoms with Crippen molar-refractivity contribution in [1.82, 2.24) is 9.97 Å². The highest BCUT2D eigenvalue weighted by Crippen LogP contribution is 2.59. The Labute approximate surface area is 127 Å². The van der Waals surface area contributed by atoms with Gasteiger partial charge in [0.15, 0.2) is 0 Å². The normalized spacial score (nSPS) is 24.3. The predicted octanol–water partition coefficient (Wildman–Crippen LogP) is 2.65. The van der Waals surface area contributed by atoms with Gasteiger partial charge in [-0.3, -0.25) is 4.79 Å². The zero-order valence-electron chi connectivity index (χ0n) is 13.0. The van der Waals surface area contributed by atoms with E-state index in [9.17, 15) is 13.6 Å². The van der Waals surface area contributed by atoms with Crippen LogP contribution in [0.2, 0.25) is 0 Å². The van der Waals surface area contributed by atoms with Gasteiger partial charge in [0, 0.05) is 25.2 Å². The minimum Gasteiger partial charge on any atom is -0.368 e. The molecular formula is C15H20F2N4O. The second-order valence-electron chi connectivity index (χ2n) is 6.81. The van der Waals surface area contributed by atoms with E-state index < -0.39 is 16.9 Å². The van der Waals surface area contributed by atoms with Crippen LogP contribution in [0.4, 0.5) is 20.4 Å². The van der Waals surface area contributed by atoms with E-state index in [0.29, 0.717) is 11.4 Å². The molecule has 1 amide bonds. The number of rotatable bonds is 0. The van der Waals surface area contributed by atoms with Crippen LogP contribution in [0.3, 0.4) is 0 Å². The summed E-state index contributed by atoms with van der Waals surface area (Å²) in [5, 5.41) is 0. The van der Waals surface area contributed by atoms with Gasteiger partial charge in [0.25, 0.3) is 0 Å². The third kappa shape index (κ3) is 1.84. The lowest BCUT2D eigenvalue weighted by Gasteiger charge is -2.48. The van der Waals surface area contributed by atoms with Gasteiger partial charge in [-0.05, 0) is 26.7 Å². The van der Waals surface area contributed by atoms with E-state index in [-0.39, 0.29) is 37.5 Å². The van der Waals surface area contributed by atoms with Gasteiger partial charge >= 0.3 is 0 Å². The minimum absolute atomic E-state index is 0.108. The Bertz CT molecular complexity index is 634. The van der Waals surface area contributed by atoms with Crippen molar-refractivity contribution in [3.8, 4) is 0 Å². The lowest BCUT2D eigenvalue weighted by Crippen LogP contribution is -2.57. The third-order valence-corrected chi connectivity index (χ3v) is 5.36. The topological polar surface area (TPSA) is 72.1 Å². The van der Waals surface area contributed by atoms with Crippen LogP contribution < -0.4 is 10.6 Å². The van der Waals surface area contributed by atoms with E-state index in [1.807, 2.05) is 13.8 Å². The molecule has 3 rings (SSSR count). The monoisotopic (exact) mass is 310 g/mol. The van der Waals surface area contributed by atoms with Crippen LogP contribution in [0.1, 0.15) is 52.1 Å². The molecule has 1 aliphatic heterocycles. The zero-order valence-corrected chi connectivity index (χ0v) is 13.0. The van der Waals surface area contributed by atoms with E-state index in [0.717, 1.165) is 0 Å². The largest absolute Gasteiger partial charge is 0.368 e. The maximum absolute atomic E-state index is 13.7. The molecule has 1 saturated carbocycles. The summed E-state index contributed by atoms with van der Waals surface area (Å²) in [6, 6.07) is 0. The molecule has 0 bridgehead atoms. The molecule has 1 spiro atoms. The lowest BCUT2D eigenvalue weighted by atomic mass is 9.62. The summed E-state index contributed by atoms with van der Waals surface area (Å²) in [6.07, 6.45) is 1.68. The van der Waals surface area contributed by atoms with Gasteiger partial charge in [-0.25, -0.2) is 18.7 Å². The molecule has 7 heteroatoms. The zero-order chi connectivity index (χ0) is 16.3. The number of anilines is 2. The Morgan fingerprint density at radius 1 is 1.27 bits per heavy atom. The number of nitrogens with two attached hydrogens (primary N) is 1. The van der Waals surface area contributed by atoms with Gasteiger partial charge < -0.3 is 10.6 Å². The number of aromatic nitrogens is 2. The molecule has 1 aliphatic carbocycles. The number of hydrogen-bond acceptors (Lipinski definition) is 4. The Morgan fingerprint density at radius 3 is 2.41 bits per heavy atom. The molecule has 2 N–H and O–H groups in total. The number of amides is 1. The van der Waals surface area contributed by atoms with Gasteiger partial charge in [-0.1, -0.05) is 0 Å². The van der Waals surface area contributed by atoms with Crippen molar-refractivity contribution in [2.45, 2.75) is 63.3 Å². The standard InChI is InChI=1S/C15H20F2N4O/c1-9(22)21-10-8-19-12(18)20-11(10)14(13(21,2)3)4-6-15(16,17)7-5-14/h8H,4-7H2,1-3H3,(H2,18,19,20). The fraction of sp³-hybridized carbons (Fsp3) is 0.667. The number of nitrogens with zero attached hydrogens (tertiary/aromatic N) is 3. The molecule has 0 aromatic carbocycles. The van der Waals surface area contributed by atoms with Gasteiger partial charge in [-0.15, -0.1) is 0 Å². The van der Waals surface area contributed by atoms with Gasteiger partial charge in [0.05, 0.1) is 23.1 Å². The quantitative estimate of drug-likeness (QED) is 0.799. The Hall–Kier alpha value is -1.79. The van der Waals surface area contributed by atoms with Crippen LogP contribution in [0, 0.1) is 0 Å².